The quantitative estimate of drug-likeness (QED) is 0.651. The van der Waals surface area contributed by atoms with Gasteiger partial charge in [0, 0.05) is 0 Å². The van der Waals surface area contributed by atoms with Crippen molar-refractivity contribution in [2.45, 2.75) is 71.4 Å². The van der Waals surface area contributed by atoms with E-state index in [2.05, 4.69) is 56.4 Å². The molecule has 0 amide bonds. The van der Waals surface area contributed by atoms with Crippen LogP contribution in [-0.2, 0) is 15.6 Å². The van der Waals surface area contributed by atoms with Crippen LogP contribution >= 0.6 is 0 Å². The van der Waals surface area contributed by atoms with Gasteiger partial charge in [-0.2, -0.15) is 0 Å². The molecule has 0 heterocycles. The van der Waals surface area contributed by atoms with E-state index >= 15 is 0 Å². The second kappa shape index (κ2) is 8.20. The average molecular weight is 398 g/mol. The Bertz CT molecular complexity index is 569. The maximum atomic E-state index is 12.6. The van der Waals surface area contributed by atoms with Gasteiger partial charge in [0.15, 0.2) is 0 Å². The summed E-state index contributed by atoms with van der Waals surface area (Å²) >= 11 is 0. The van der Waals surface area contributed by atoms with Gasteiger partial charge in [-0.05, 0) is 63.4 Å². The highest BCUT2D eigenvalue weighted by Gasteiger charge is 2.30. The SMILES string of the molecule is C[Si](C)(C)NC(Cc1ccc(O[Si](C)(C)C)cc1)C(=O)O[Si](C)(C)C. The number of carbonyl (C=O) groups is 1. The minimum atomic E-state index is -1.90. The summed E-state index contributed by atoms with van der Waals surface area (Å²) in [6.07, 6.45) is 0.640. The number of hydrogen-bond acceptors (Lipinski definition) is 4. The van der Waals surface area contributed by atoms with Crippen LogP contribution in [0, 0.1) is 0 Å². The van der Waals surface area contributed by atoms with Gasteiger partial charge < -0.3 is 13.8 Å². The summed E-state index contributed by atoms with van der Waals surface area (Å²) in [5.74, 6) is 0.784. The first-order chi connectivity index (χ1) is 11.1. The maximum absolute atomic E-state index is 12.6. The number of benzene rings is 1. The van der Waals surface area contributed by atoms with Gasteiger partial charge in [0.1, 0.15) is 20.0 Å². The Morgan fingerprint density at radius 2 is 1.44 bits per heavy atom. The number of hydrogen-bond donors (Lipinski definition) is 1. The van der Waals surface area contributed by atoms with Crippen LogP contribution in [0.4, 0.5) is 0 Å². The zero-order valence-electron chi connectivity index (χ0n) is 17.3. The molecule has 1 aromatic rings. The smallest absolute Gasteiger partial charge is 0.309 e. The molecule has 1 rings (SSSR count). The molecule has 0 saturated heterocycles. The molecular formula is C18H35NO3Si3. The maximum Gasteiger partial charge on any atom is 0.309 e. The summed E-state index contributed by atoms with van der Waals surface area (Å²) < 4.78 is 11.7. The monoisotopic (exact) mass is 397 g/mol. The molecule has 0 spiro atoms. The zero-order chi connectivity index (χ0) is 19.5. The van der Waals surface area contributed by atoms with Crippen LogP contribution in [0.1, 0.15) is 5.56 Å². The molecule has 0 bridgehead atoms. The molecule has 0 aromatic heterocycles. The van der Waals surface area contributed by atoms with Crippen LogP contribution in [-0.4, -0.2) is 36.9 Å². The Kier molecular flexibility index (Phi) is 7.26. The summed E-state index contributed by atoms with van der Waals surface area (Å²) in [5, 5.41) is 0. The lowest BCUT2D eigenvalue weighted by molar-refractivity contribution is -0.137. The van der Waals surface area contributed by atoms with Crippen LogP contribution in [0.15, 0.2) is 24.3 Å². The third kappa shape index (κ3) is 9.98. The largest absolute Gasteiger partial charge is 0.544 e. The number of nitrogens with one attached hydrogen (secondary N) is 1. The van der Waals surface area contributed by atoms with Crippen molar-refractivity contribution in [3.05, 3.63) is 29.8 Å². The van der Waals surface area contributed by atoms with Crippen molar-refractivity contribution in [1.29, 1.82) is 0 Å². The van der Waals surface area contributed by atoms with Crippen molar-refractivity contribution < 1.29 is 13.6 Å². The minimum Gasteiger partial charge on any atom is -0.544 e. The fourth-order valence-corrected chi connectivity index (χ4v) is 5.23. The topological polar surface area (TPSA) is 47.6 Å². The molecule has 0 fully saturated rings. The second-order valence-electron chi connectivity index (χ2n) is 9.54. The summed E-state index contributed by atoms with van der Waals surface area (Å²) in [7, 11) is -5.11. The van der Waals surface area contributed by atoms with E-state index in [0.717, 1.165) is 11.3 Å². The Hall–Kier alpha value is -0.899. The molecule has 0 radical (unpaired) electrons. The number of carbonyl (C=O) groups excluding carboxylic acids is 1. The summed E-state index contributed by atoms with van der Waals surface area (Å²) in [5.41, 5.74) is 1.12. The van der Waals surface area contributed by atoms with Crippen molar-refractivity contribution in [3.63, 3.8) is 0 Å². The van der Waals surface area contributed by atoms with E-state index in [1.54, 1.807) is 0 Å². The predicted molar refractivity (Wildman–Crippen MR) is 114 cm³/mol. The molecular weight excluding hydrogens is 362 g/mol. The first-order valence-corrected chi connectivity index (χ1v) is 19.2. The van der Waals surface area contributed by atoms with E-state index < -0.39 is 24.9 Å². The third-order valence-corrected chi connectivity index (χ3v) is 5.96. The third-order valence-electron chi connectivity index (χ3n) is 3.09. The van der Waals surface area contributed by atoms with Gasteiger partial charge in [-0.3, -0.25) is 4.79 Å². The molecule has 0 aliphatic rings. The summed E-state index contributed by atoms with van der Waals surface area (Å²) in [4.78, 5) is 16.2. The van der Waals surface area contributed by atoms with Crippen LogP contribution in [0.25, 0.3) is 0 Å². The lowest BCUT2D eigenvalue weighted by Gasteiger charge is -2.29. The highest BCUT2D eigenvalue weighted by atomic mass is 28.4. The normalized spacial score (nSPS) is 14.1. The Labute approximate surface area is 156 Å². The predicted octanol–water partition coefficient (Wildman–Crippen LogP) is 4.61. The minimum absolute atomic E-state index is 0.121. The highest BCUT2D eigenvalue weighted by molar-refractivity contribution is 6.74. The van der Waals surface area contributed by atoms with Gasteiger partial charge in [-0.15, -0.1) is 0 Å². The van der Waals surface area contributed by atoms with Gasteiger partial charge in [0.05, 0.1) is 0 Å². The Morgan fingerprint density at radius 3 is 1.84 bits per heavy atom. The van der Waals surface area contributed by atoms with Gasteiger partial charge in [-0.25, -0.2) is 0 Å². The molecule has 0 saturated carbocycles. The van der Waals surface area contributed by atoms with Crippen LogP contribution in [0.5, 0.6) is 5.75 Å². The van der Waals surface area contributed by atoms with E-state index in [9.17, 15) is 4.79 Å². The van der Waals surface area contributed by atoms with Crippen molar-refractivity contribution in [2.24, 2.45) is 0 Å². The number of rotatable bonds is 8. The van der Waals surface area contributed by atoms with Gasteiger partial charge in [0.2, 0.25) is 16.6 Å². The Morgan fingerprint density at radius 1 is 0.920 bits per heavy atom. The standard InChI is InChI=1S/C18H35NO3Si3/c1-23(2,3)19-17(18(20)22-25(7,8)9)14-15-10-12-16(13-11-15)21-24(4,5)6/h10-13,17,19H,14H2,1-9H3. The first kappa shape index (κ1) is 22.1. The molecule has 1 aromatic carbocycles. The van der Waals surface area contributed by atoms with E-state index in [-0.39, 0.29) is 12.0 Å². The van der Waals surface area contributed by atoms with Crippen molar-refractivity contribution in [2.75, 3.05) is 0 Å². The molecule has 4 nitrogen and oxygen atoms in total. The van der Waals surface area contributed by atoms with Crippen molar-refractivity contribution in [3.8, 4) is 5.75 Å². The lowest BCUT2D eigenvalue weighted by atomic mass is 10.1. The molecule has 1 N–H and O–H groups in total. The summed E-state index contributed by atoms with van der Waals surface area (Å²) in [6, 6.07) is 7.82. The van der Waals surface area contributed by atoms with E-state index in [1.165, 1.54) is 0 Å². The molecule has 1 atom stereocenters. The van der Waals surface area contributed by atoms with E-state index in [4.69, 9.17) is 8.85 Å². The Balaban J connectivity index is 2.88. The highest BCUT2D eigenvalue weighted by Crippen LogP contribution is 2.18. The van der Waals surface area contributed by atoms with Crippen molar-refractivity contribution >= 4 is 30.8 Å². The van der Waals surface area contributed by atoms with E-state index in [0.29, 0.717) is 6.42 Å². The van der Waals surface area contributed by atoms with Crippen LogP contribution < -0.4 is 9.41 Å². The van der Waals surface area contributed by atoms with Gasteiger partial charge in [0.25, 0.3) is 0 Å². The molecule has 7 heteroatoms. The average Bonchev–Trinajstić information content (AvgIpc) is 2.35. The fraction of sp³-hybridized carbons (Fsp3) is 0.611. The van der Waals surface area contributed by atoms with Crippen LogP contribution in [0.3, 0.4) is 0 Å². The van der Waals surface area contributed by atoms with Gasteiger partial charge >= 0.3 is 5.97 Å². The van der Waals surface area contributed by atoms with Gasteiger partial charge in [-0.1, -0.05) is 31.8 Å². The summed E-state index contributed by atoms with van der Waals surface area (Å²) in [6.45, 7) is 19.2. The molecule has 0 aliphatic heterocycles. The zero-order valence-corrected chi connectivity index (χ0v) is 20.3. The lowest BCUT2D eigenvalue weighted by Crippen LogP contribution is -2.54. The molecule has 1 unspecified atom stereocenters. The molecule has 0 aliphatic carbocycles. The van der Waals surface area contributed by atoms with Crippen molar-refractivity contribution in [1.82, 2.24) is 4.98 Å². The fourth-order valence-electron chi connectivity index (χ4n) is 2.37. The van der Waals surface area contributed by atoms with Crippen LogP contribution in [0.2, 0.25) is 58.9 Å². The molecule has 25 heavy (non-hydrogen) atoms. The van der Waals surface area contributed by atoms with E-state index in [1.807, 2.05) is 31.8 Å². The second-order valence-corrected chi connectivity index (χ2v) is 23.2. The molecule has 142 valence electrons. The first-order valence-electron chi connectivity index (χ1n) is 8.93.